The number of hydrogen-bond acceptors (Lipinski definition) is 0. The topological polar surface area (TPSA) is 0 Å². The first-order valence-electron chi connectivity index (χ1n) is 9.21. The second-order valence-corrected chi connectivity index (χ2v) is 16.4. The van der Waals surface area contributed by atoms with Crippen LogP contribution in [0.4, 0.5) is 0 Å². The van der Waals surface area contributed by atoms with Crippen LogP contribution in [0.15, 0.2) is 36.4 Å². The summed E-state index contributed by atoms with van der Waals surface area (Å²) in [5, 5.41) is 0. The third-order valence-corrected chi connectivity index (χ3v) is 11.1. The molecule has 0 heterocycles. The SMILES string of the molecule is Cc1ccc([CH](c2ccc(C)c3c2C(C)C=C3)[Zr]([Cl])[Cl])c2c1C=CC2C. The molecule has 2 aliphatic rings. The molecule has 3 heteroatoms. The fourth-order valence-corrected chi connectivity index (χ4v) is 9.74. The van der Waals surface area contributed by atoms with Crippen molar-refractivity contribution < 1.29 is 19.4 Å². The van der Waals surface area contributed by atoms with E-state index in [4.69, 9.17) is 17.0 Å². The van der Waals surface area contributed by atoms with Gasteiger partial charge in [0.15, 0.2) is 0 Å². The quantitative estimate of drug-likeness (QED) is 0.442. The van der Waals surface area contributed by atoms with Crippen molar-refractivity contribution in [1.82, 2.24) is 0 Å². The summed E-state index contributed by atoms with van der Waals surface area (Å²) in [6.07, 6.45) is 9.14. The van der Waals surface area contributed by atoms with Crippen LogP contribution in [0.1, 0.15) is 73.8 Å². The molecule has 0 spiro atoms. The van der Waals surface area contributed by atoms with Crippen LogP contribution in [0.5, 0.6) is 0 Å². The van der Waals surface area contributed by atoms with Gasteiger partial charge in [-0.05, 0) is 0 Å². The number of aryl methyl sites for hydroxylation is 2. The first-order valence-corrected chi connectivity index (χ1v) is 17.0. The van der Waals surface area contributed by atoms with E-state index < -0.39 is 19.4 Å². The number of benzene rings is 2. The zero-order chi connectivity index (χ0) is 18.6. The van der Waals surface area contributed by atoms with E-state index in [2.05, 4.69) is 76.3 Å². The van der Waals surface area contributed by atoms with Crippen molar-refractivity contribution >= 4 is 29.2 Å². The number of halogens is 2. The van der Waals surface area contributed by atoms with Gasteiger partial charge in [-0.2, -0.15) is 0 Å². The van der Waals surface area contributed by atoms with Gasteiger partial charge in [0.1, 0.15) is 0 Å². The first kappa shape index (κ1) is 18.7. The molecule has 0 saturated carbocycles. The van der Waals surface area contributed by atoms with Gasteiger partial charge >= 0.3 is 173 Å². The average molecular weight is 462 g/mol. The van der Waals surface area contributed by atoms with Gasteiger partial charge in [-0.25, -0.2) is 0 Å². The third-order valence-electron chi connectivity index (χ3n) is 5.93. The van der Waals surface area contributed by atoms with Gasteiger partial charge < -0.3 is 0 Å². The van der Waals surface area contributed by atoms with Crippen LogP contribution >= 0.6 is 17.0 Å². The molecular formula is C23H23Cl2Zr. The first-order chi connectivity index (χ1) is 12.4. The summed E-state index contributed by atoms with van der Waals surface area (Å²) in [5.74, 6) is 0.847. The molecule has 0 fully saturated rings. The maximum absolute atomic E-state index is 6.81. The number of fused-ring (bicyclic) bond motifs is 2. The monoisotopic (exact) mass is 459 g/mol. The Bertz CT molecular complexity index is 866. The van der Waals surface area contributed by atoms with Gasteiger partial charge in [0.2, 0.25) is 0 Å². The maximum atomic E-state index is 6.81. The minimum atomic E-state index is -2.64. The van der Waals surface area contributed by atoms with Gasteiger partial charge in [-0.1, -0.05) is 0 Å². The number of hydrogen-bond donors (Lipinski definition) is 0. The summed E-state index contributed by atoms with van der Waals surface area (Å²) in [5.41, 5.74) is 11.0. The summed E-state index contributed by atoms with van der Waals surface area (Å²) in [6.45, 7) is 8.93. The Morgan fingerprint density at radius 3 is 1.58 bits per heavy atom. The fraction of sp³-hybridized carbons (Fsp3) is 0.304. The Labute approximate surface area is 171 Å². The van der Waals surface area contributed by atoms with E-state index in [-0.39, 0.29) is 3.63 Å². The second-order valence-electron chi connectivity index (χ2n) is 7.62. The standard InChI is InChI=1S/C23H23.2ClH.Zr/c1-14-5-9-18(22-16(3)7-11-20(14)22)13-19-10-6-15(2)21-12-8-17(4)23(19)21;;;/h5-13,16-17H,1-4H3;2*1H;/q;;;+2/p-2. The molecule has 2 aliphatic carbocycles. The molecule has 0 amide bonds. The Kier molecular flexibility index (Phi) is 5.10. The van der Waals surface area contributed by atoms with E-state index in [0.717, 1.165) is 0 Å². The van der Waals surface area contributed by atoms with E-state index >= 15 is 0 Å². The van der Waals surface area contributed by atoms with Crippen molar-refractivity contribution in [3.63, 3.8) is 0 Å². The molecular weight excluding hydrogens is 438 g/mol. The molecule has 0 radical (unpaired) electrons. The Hall–Kier alpha value is -0.617. The Balaban J connectivity index is 1.95. The van der Waals surface area contributed by atoms with Crippen LogP contribution < -0.4 is 0 Å². The number of allylic oxidation sites excluding steroid dienone is 2. The zero-order valence-corrected chi connectivity index (χ0v) is 19.6. The van der Waals surface area contributed by atoms with E-state index in [9.17, 15) is 0 Å². The molecule has 2 aromatic rings. The van der Waals surface area contributed by atoms with Crippen molar-refractivity contribution in [3.8, 4) is 0 Å². The van der Waals surface area contributed by atoms with Gasteiger partial charge in [-0.15, -0.1) is 0 Å². The molecule has 0 saturated heterocycles. The molecule has 0 aromatic heterocycles. The third kappa shape index (κ3) is 2.92. The average Bonchev–Trinajstić information content (AvgIpc) is 3.17. The van der Waals surface area contributed by atoms with E-state index in [0.29, 0.717) is 11.8 Å². The molecule has 2 aromatic carbocycles. The van der Waals surface area contributed by atoms with Crippen molar-refractivity contribution in [2.24, 2.45) is 0 Å². The van der Waals surface area contributed by atoms with Crippen molar-refractivity contribution in [2.45, 2.75) is 43.2 Å². The molecule has 4 rings (SSSR count). The van der Waals surface area contributed by atoms with Crippen molar-refractivity contribution in [2.75, 3.05) is 0 Å². The molecule has 0 nitrogen and oxygen atoms in total. The summed E-state index contributed by atoms with van der Waals surface area (Å²) < 4.78 is 0.175. The van der Waals surface area contributed by atoms with Crippen molar-refractivity contribution in [3.05, 3.63) is 80.9 Å². The Morgan fingerprint density at radius 2 is 1.19 bits per heavy atom. The van der Waals surface area contributed by atoms with Gasteiger partial charge in [0.05, 0.1) is 0 Å². The van der Waals surface area contributed by atoms with Gasteiger partial charge in [0.25, 0.3) is 0 Å². The molecule has 26 heavy (non-hydrogen) atoms. The predicted octanol–water partition coefficient (Wildman–Crippen LogP) is 7.58. The van der Waals surface area contributed by atoms with Crippen LogP contribution in [0.25, 0.3) is 12.2 Å². The zero-order valence-electron chi connectivity index (χ0n) is 15.6. The fourth-order valence-electron chi connectivity index (χ4n) is 4.56. The molecule has 0 bridgehead atoms. The molecule has 0 aliphatic heterocycles. The van der Waals surface area contributed by atoms with E-state index in [1.165, 1.54) is 44.5 Å². The van der Waals surface area contributed by atoms with Crippen LogP contribution in [0, 0.1) is 13.8 Å². The van der Waals surface area contributed by atoms with E-state index in [1.807, 2.05) is 0 Å². The summed E-state index contributed by atoms with van der Waals surface area (Å²) in [6, 6.07) is 9.04. The van der Waals surface area contributed by atoms with Crippen LogP contribution in [-0.4, -0.2) is 0 Å². The predicted molar refractivity (Wildman–Crippen MR) is 111 cm³/mol. The van der Waals surface area contributed by atoms with Crippen molar-refractivity contribution in [1.29, 1.82) is 0 Å². The summed E-state index contributed by atoms with van der Waals surface area (Å²) in [4.78, 5) is 0. The normalized spacial score (nSPS) is 21.0. The summed E-state index contributed by atoms with van der Waals surface area (Å²) in [7, 11) is 13.6. The molecule has 133 valence electrons. The number of rotatable bonds is 3. The summed E-state index contributed by atoms with van der Waals surface area (Å²) >= 11 is -2.64. The minimum absolute atomic E-state index is 0.175. The molecule has 2 unspecified atom stereocenters. The van der Waals surface area contributed by atoms with Gasteiger partial charge in [-0.3, -0.25) is 0 Å². The molecule has 0 N–H and O–H groups in total. The second kappa shape index (κ2) is 7.08. The van der Waals surface area contributed by atoms with Gasteiger partial charge in [0, 0.05) is 0 Å². The van der Waals surface area contributed by atoms with E-state index in [1.54, 1.807) is 0 Å². The van der Waals surface area contributed by atoms with Crippen LogP contribution in [-0.2, 0) is 19.4 Å². The van der Waals surface area contributed by atoms with Crippen LogP contribution in [0.2, 0.25) is 0 Å². The van der Waals surface area contributed by atoms with Crippen LogP contribution in [0.3, 0.4) is 0 Å². The Morgan fingerprint density at radius 1 is 0.769 bits per heavy atom. The molecule has 2 atom stereocenters.